The molecule has 1 aliphatic rings. The van der Waals surface area contributed by atoms with E-state index in [1.165, 1.54) is 0 Å². The first-order valence-electron chi connectivity index (χ1n) is 6.21. The van der Waals surface area contributed by atoms with E-state index < -0.39 is 17.7 Å². The Morgan fingerprint density at radius 1 is 1.38 bits per heavy atom. The number of halogens is 4. The standard InChI is InChI=1S/C13H12ClF3N2O2/c14-9-5-8(13(15,16)17)2-3-10(9)19-12(21)7-1-4-11(20)18-6-7/h2-3,5,7H,1,4,6H2,(H,18,20)(H,19,21). The minimum Gasteiger partial charge on any atom is -0.355 e. The SMILES string of the molecule is O=C1CCC(C(=O)Nc2ccc(C(F)(F)F)cc2Cl)CN1. The molecule has 1 saturated heterocycles. The molecule has 1 unspecified atom stereocenters. The second-order valence-corrected chi connectivity index (χ2v) is 5.13. The number of nitrogens with one attached hydrogen (secondary N) is 2. The van der Waals surface area contributed by atoms with Gasteiger partial charge in [0, 0.05) is 13.0 Å². The summed E-state index contributed by atoms with van der Waals surface area (Å²) in [6.07, 6.45) is -3.84. The van der Waals surface area contributed by atoms with Crippen molar-refractivity contribution in [1.29, 1.82) is 0 Å². The van der Waals surface area contributed by atoms with Crippen molar-refractivity contribution in [3.05, 3.63) is 28.8 Å². The van der Waals surface area contributed by atoms with Gasteiger partial charge < -0.3 is 10.6 Å². The fraction of sp³-hybridized carbons (Fsp3) is 0.385. The van der Waals surface area contributed by atoms with Crippen LogP contribution in [0.1, 0.15) is 18.4 Å². The molecular weight excluding hydrogens is 309 g/mol. The van der Waals surface area contributed by atoms with Gasteiger partial charge in [0.15, 0.2) is 0 Å². The van der Waals surface area contributed by atoms with E-state index in [-0.39, 0.29) is 35.5 Å². The summed E-state index contributed by atoms with van der Waals surface area (Å²) >= 11 is 5.76. The highest BCUT2D eigenvalue weighted by Gasteiger charge is 2.31. The van der Waals surface area contributed by atoms with Crippen LogP contribution in [0.4, 0.5) is 18.9 Å². The van der Waals surface area contributed by atoms with Gasteiger partial charge in [-0.1, -0.05) is 11.6 Å². The largest absolute Gasteiger partial charge is 0.416 e. The monoisotopic (exact) mass is 320 g/mol. The summed E-state index contributed by atoms with van der Waals surface area (Å²) in [7, 11) is 0. The van der Waals surface area contributed by atoms with Crippen LogP contribution in [0, 0.1) is 5.92 Å². The fourth-order valence-corrected chi connectivity index (χ4v) is 2.21. The van der Waals surface area contributed by atoms with Gasteiger partial charge in [-0.25, -0.2) is 0 Å². The van der Waals surface area contributed by atoms with Gasteiger partial charge >= 0.3 is 6.18 Å². The molecule has 1 aliphatic heterocycles. The highest BCUT2D eigenvalue weighted by Crippen LogP contribution is 2.34. The minimum absolute atomic E-state index is 0.117. The summed E-state index contributed by atoms with van der Waals surface area (Å²) in [5.41, 5.74) is -0.762. The predicted molar refractivity (Wildman–Crippen MR) is 70.8 cm³/mol. The van der Waals surface area contributed by atoms with Crippen LogP contribution in [0.2, 0.25) is 5.02 Å². The maximum atomic E-state index is 12.5. The Morgan fingerprint density at radius 2 is 2.10 bits per heavy atom. The highest BCUT2D eigenvalue weighted by atomic mass is 35.5. The molecule has 1 atom stereocenters. The zero-order chi connectivity index (χ0) is 15.6. The van der Waals surface area contributed by atoms with E-state index in [9.17, 15) is 22.8 Å². The Labute approximate surface area is 123 Å². The number of piperidine rings is 1. The number of hydrogen-bond acceptors (Lipinski definition) is 2. The molecule has 0 spiro atoms. The number of hydrogen-bond donors (Lipinski definition) is 2. The van der Waals surface area contributed by atoms with Gasteiger partial charge in [-0.2, -0.15) is 13.2 Å². The van der Waals surface area contributed by atoms with Gasteiger partial charge in [0.2, 0.25) is 11.8 Å². The van der Waals surface area contributed by atoms with E-state index in [1.807, 2.05) is 0 Å². The lowest BCUT2D eigenvalue weighted by Crippen LogP contribution is -2.40. The van der Waals surface area contributed by atoms with Crippen LogP contribution >= 0.6 is 11.6 Å². The van der Waals surface area contributed by atoms with Crippen molar-refractivity contribution >= 4 is 29.1 Å². The molecular formula is C13H12ClF3N2O2. The van der Waals surface area contributed by atoms with Crippen molar-refractivity contribution in [2.24, 2.45) is 5.92 Å². The predicted octanol–water partition coefficient (Wildman–Crippen LogP) is 2.82. The average molecular weight is 321 g/mol. The van der Waals surface area contributed by atoms with Crippen LogP contribution in [0.3, 0.4) is 0 Å². The third-order valence-corrected chi connectivity index (χ3v) is 3.50. The Hall–Kier alpha value is -1.76. The van der Waals surface area contributed by atoms with E-state index in [4.69, 9.17) is 11.6 Å². The quantitative estimate of drug-likeness (QED) is 0.880. The lowest BCUT2D eigenvalue weighted by molar-refractivity contribution is -0.137. The molecule has 1 fully saturated rings. The van der Waals surface area contributed by atoms with Crippen molar-refractivity contribution < 1.29 is 22.8 Å². The number of rotatable bonds is 2. The number of alkyl halides is 3. The normalized spacial score (nSPS) is 19.0. The molecule has 0 aliphatic carbocycles. The topological polar surface area (TPSA) is 58.2 Å². The lowest BCUT2D eigenvalue weighted by Gasteiger charge is -2.22. The van der Waals surface area contributed by atoms with E-state index >= 15 is 0 Å². The summed E-state index contributed by atoms with van der Waals surface area (Å²) in [4.78, 5) is 23.0. The third kappa shape index (κ3) is 3.87. The van der Waals surface area contributed by atoms with E-state index in [0.717, 1.165) is 18.2 Å². The van der Waals surface area contributed by atoms with Crippen LogP contribution in [0.25, 0.3) is 0 Å². The van der Waals surface area contributed by atoms with Crippen LogP contribution < -0.4 is 10.6 Å². The first-order valence-corrected chi connectivity index (χ1v) is 6.59. The molecule has 114 valence electrons. The van der Waals surface area contributed by atoms with Gasteiger partial charge in [0.25, 0.3) is 0 Å². The zero-order valence-electron chi connectivity index (χ0n) is 10.8. The van der Waals surface area contributed by atoms with Crippen molar-refractivity contribution in [3.8, 4) is 0 Å². The average Bonchev–Trinajstić information content (AvgIpc) is 2.40. The van der Waals surface area contributed by atoms with Crippen molar-refractivity contribution in [3.63, 3.8) is 0 Å². The fourth-order valence-electron chi connectivity index (χ4n) is 1.98. The number of benzene rings is 1. The van der Waals surface area contributed by atoms with Gasteiger partial charge in [-0.15, -0.1) is 0 Å². The Kier molecular flexibility index (Phi) is 4.41. The summed E-state index contributed by atoms with van der Waals surface area (Å²) in [5.74, 6) is -0.913. The Balaban J connectivity index is 2.06. The smallest absolute Gasteiger partial charge is 0.355 e. The molecule has 1 heterocycles. The van der Waals surface area contributed by atoms with Gasteiger partial charge in [-0.05, 0) is 24.6 Å². The molecule has 0 radical (unpaired) electrons. The molecule has 1 aromatic carbocycles. The first-order chi connectivity index (χ1) is 9.77. The zero-order valence-corrected chi connectivity index (χ0v) is 11.5. The van der Waals surface area contributed by atoms with Gasteiger partial charge in [0.05, 0.1) is 22.2 Å². The van der Waals surface area contributed by atoms with Crippen LogP contribution in [-0.2, 0) is 15.8 Å². The second-order valence-electron chi connectivity index (χ2n) is 4.72. The van der Waals surface area contributed by atoms with Crippen molar-refractivity contribution in [2.45, 2.75) is 19.0 Å². The number of anilines is 1. The van der Waals surface area contributed by atoms with E-state index in [1.54, 1.807) is 0 Å². The maximum absolute atomic E-state index is 12.5. The van der Waals surface area contributed by atoms with Crippen LogP contribution in [0.5, 0.6) is 0 Å². The van der Waals surface area contributed by atoms with Crippen LogP contribution in [-0.4, -0.2) is 18.4 Å². The molecule has 0 saturated carbocycles. The lowest BCUT2D eigenvalue weighted by atomic mass is 9.98. The molecule has 2 amide bonds. The van der Waals surface area contributed by atoms with E-state index in [2.05, 4.69) is 10.6 Å². The molecule has 0 bridgehead atoms. The first kappa shape index (κ1) is 15.6. The second kappa shape index (κ2) is 5.93. The molecule has 4 nitrogen and oxygen atoms in total. The molecule has 21 heavy (non-hydrogen) atoms. The summed E-state index contributed by atoms with van der Waals surface area (Å²) in [5, 5.41) is 4.86. The summed E-state index contributed by atoms with van der Waals surface area (Å²) in [6, 6.07) is 2.73. The number of carbonyl (C=O) groups excluding carboxylic acids is 2. The molecule has 1 aromatic rings. The molecule has 0 aromatic heterocycles. The van der Waals surface area contributed by atoms with Gasteiger partial charge in [0.1, 0.15) is 0 Å². The maximum Gasteiger partial charge on any atom is 0.416 e. The third-order valence-electron chi connectivity index (χ3n) is 3.19. The molecule has 8 heteroatoms. The molecule has 2 rings (SSSR count). The van der Waals surface area contributed by atoms with Crippen molar-refractivity contribution in [1.82, 2.24) is 5.32 Å². The Bertz CT molecular complexity index is 565. The summed E-state index contributed by atoms with van der Waals surface area (Å²) in [6.45, 7) is 0.211. The van der Waals surface area contributed by atoms with Gasteiger partial charge in [-0.3, -0.25) is 9.59 Å². The highest BCUT2D eigenvalue weighted by molar-refractivity contribution is 6.33. The molecule has 2 N–H and O–H groups in total. The minimum atomic E-state index is -4.49. The van der Waals surface area contributed by atoms with Crippen molar-refractivity contribution in [2.75, 3.05) is 11.9 Å². The number of amides is 2. The summed E-state index contributed by atoms with van der Waals surface area (Å²) < 4.78 is 37.5. The van der Waals surface area contributed by atoms with E-state index in [0.29, 0.717) is 6.42 Å². The Morgan fingerprint density at radius 3 is 2.62 bits per heavy atom. The number of carbonyl (C=O) groups is 2. The van der Waals surface area contributed by atoms with Crippen LogP contribution in [0.15, 0.2) is 18.2 Å².